The molecule has 0 aliphatic heterocycles. The van der Waals surface area contributed by atoms with Gasteiger partial charge in [0.05, 0.1) is 11.7 Å². The third kappa shape index (κ3) is 2.51. The fourth-order valence-electron chi connectivity index (χ4n) is 2.05. The Morgan fingerprint density at radius 1 is 1.20 bits per heavy atom. The minimum atomic E-state index is -0.382. The maximum Gasteiger partial charge on any atom is 0.246 e. The number of carbonyl (C=O) groups excluding carboxylic acids is 1. The summed E-state index contributed by atoms with van der Waals surface area (Å²) in [6.45, 7) is 0.0873. The largest absolute Gasteiger partial charge is 0.324 e. The lowest BCUT2D eigenvalue weighted by Crippen LogP contribution is -2.19. The zero-order valence-corrected chi connectivity index (χ0v) is 10.6. The Kier molecular flexibility index (Phi) is 3.16. The van der Waals surface area contributed by atoms with Crippen molar-refractivity contribution in [2.24, 2.45) is 0 Å². The molecule has 3 rings (SSSR count). The number of halogens is 1. The van der Waals surface area contributed by atoms with Gasteiger partial charge in [-0.25, -0.2) is 4.39 Å². The summed E-state index contributed by atoms with van der Waals surface area (Å²) in [6.07, 6.45) is 1.71. The fourth-order valence-corrected chi connectivity index (χ4v) is 2.05. The predicted octanol–water partition coefficient (Wildman–Crippen LogP) is 2.81. The summed E-state index contributed by atoms with van der Waals surface area (Å²) in [7, 11) is 0. The molecule has 5 heteroatoms. The first kappa shape index (κ1) is 12.3. The van der Waals surface area contributed by atoms with E-state index in [2.05, 4.69) is 10.4 Å². The number of anilines is 1. The summed E-state index contributed by atoms with van der Waals surface area (Å²) >= 11 is 0. The summed E-state index contributed by atoms with van der Waals surface area (Å²) in [4.78, 5) is 11.9. The first-order valence-corrected chi connectivity index (χ1v) is 6.18. The van der Waals surface area contributed by atoms with Gasteiger partial charge < -0.3 is 5.32 Å². The first-order chi connectivity index (χ1) is 9.72. The van der Waals surface area contributed by atoms with Crippen molar-refractivity contribution in [2.75, 3.05) is 5.32 Å². The summed E-state index contributed by atoms with van der Waals surface area (Å²) < 4.78 is 14.6. The molecule has 0 aliphatic rings. The van der Waals surface area contributed by atoms with Gasteiger partial charge in [-0.1, -0.05) is 24.3 Å². The van der Waals surface area contributed by atoms with Crippen LogP contribution in [0.1, 0.15) is 0 Å². The Morgan fingerprint density at radius 2 is 2.05 bits per heavy atom. The lowest BCUT2D eigenvalue weighted by Gasteiger charge is -2.06. The second kappa shape index (κ2) is 5.13. The van der Waals surface area contributed by atoms with Crippen LogP contribution < -0.4 is 5.32 Å². The van der Waals surface area contributed by atoms with Crippen molar-refractivity contribution in [3.63, 3.8) is 0 Å². The summed E-state index contributed by atoms with van der Waals surface area (Å²) in [5.74, 6) is -0.628. The average molecular weight is 269 g/mol. The van der Waals surface area contributed by atoms with Crippen LogP contribution in [0.5, 0.6) is 0 Å². The minimum absolute atomic E-state index is 0.0873. The van der Waals surface area contributed by atoms with Crippen molar-refractivity contribution in [1.29, 1.82) is 0 Å². The number of aromatic nitrogens is 2. The molecule has 0 saturated heterocycles. The van der Waals surface area contributed by atoms with E-state index in [4.69, 9.17) is 0 Å². The monoisotopic (exact) mass is 269 g/mol. The van der Waals surface area contributed by atoms with Gasteiger partial charge in [0, 0.05) is 11.1 Å². The van der Waals surface area contributed by atoms with Crippen LogP contribution in [0.15, 0.2) is 54.7 Å². The van der Waals surface area contributed by atoms with Crippen LogP contribution in [0.25, 0.3) is 10.9 Å². The molecule has 1 N–H and O–H groups in total. The second-order valence-electron chi connectivity index (χ2n) is 4.42. The van der Waals surface area contributed by atoms with Crippen LogP contribution in [-0.4, -0.2) is 15.7 Å². The van der Waals surface area contributed by atoms with Crippen LogP contribution in [0.2, 0.25) is 0 Å². The van der Waals surface area contributed by atoms with Gasteiger partial charge in [0.15, 0.2) is 0 Å². The predicted molar refractivity (Wildman–Crippen MR) is 74.8 cm³/mol. The Morgan fingerprint density at radius 3 is 2.90 bits per heavy atom. The van der Waals surface area contributed by atoms with Gasteiger partial charge in [-0.3, -0.25) is 9.48 Å². The van der Waals surface area contributed by atoms with Crippen LogP contribution in [0.3, 0.4) is 0 Å². The maximum atomic E-state index is 13.0. The number of nitrogens with one attached hydrogen (secondary N) is 1. The van der Waals surface area contributed by atoms with Gasteiger partial charge in [0.25, 0.3) is 0 Å². The number of fused-ring (bicyclic) bond motifs is 1. The van der Waals surface area contributed by atoms with E-state index in [0.717, 1.165) is 10.9 Å². The molecular formula is C15H12FN3O. The smallest absolute Gasteiger partial charge is 0.246 e. The fraction of sp³-hybridized carbons (Fsp3) is 0.0667. The molecule has 0 atom stereocenters. The molecule has 100 valence electrons. The molecule has 1 aromatic heterocycles. The van der Waals surface area contributed by atoms with Crippen molar-refractivity contribution in [3.8, 4) is 0 Å². The topological polar surface area (TPSA) is 46.9 Å². The molecule has 0 fully saturated rings. The van der Waals surface area contributed by atoms with E-state index < -0.39 is 0 Å². The van der Waals surface area contributed by atoms with Gasteiger partial charge in [0.2, 0.25) is 5.91 Å². The summed E-state index contributed by atoms with van der Waals surface area (Å²) in [6, 6.07) is 13.4. The zero-order valence-electron chi connectivity index (χ0n) is 10.6. The molecule has 0 unspecified atom stereocenters. The van der Waals surface area contributed by atoms with E-state index in [1.165, 1.54) is 12.1 Å². The molecule has 20 heavy (non-hydrogen) atoms. The second-order valence-corrected chi connectivity index (χ2v) is 4.42. The number of para-hydroxylation sites is 1. The quantitative estimate of drug-likeness (QED) is 0.794. The molecule has 4 nitrogen and oxygen atoms in total. The number of carbonyl (C=O) groups is 1. The number of benzene rings is 2. The van der Waals surface area contributed by atoms with E-state index in [0.29, 0.717) is 5.69 Å². The number of hydrogen-bond acceptors (Lipinski definition) is 2. The van der Waals surface area contributed by atoms with E-state index >= 15 is 0 Å². The van der Waals surface area contributed by atoms with Crippen LogP contribution in [0, 0.1) is 5.82 Å². The molecule has 0 radical (unpaired) electrons. The third-order valence-electron chi connectivity index (χ3n) is 2.95. The normalized spacial score (nSPS) is 10.7. The molecule has 2 aromatic carbocycles. The molecule has 0 aliphatic carbocycles. The highest BCUT2D eigenvalue weighted by atomic mass is 19.1. The molecule has 0 bridgehead atoms. The number of nitrogens with zero attached hydrogens (tertiary/aromatic N) is 2. The SMILES string of the molecule is O=C(Cn1ncc2ccccc21)Nc1cccc(F)c1. The average Bonchev–Trinajstić information content (AvgIpc) is 2.82. The molecule has 0 spiro atoms. The number of amides is 1. The number of hydrogen-bond donors (Lipinski definition) is 1. The standard InChI is InChI=1S/C15H12FN3O/c16-12-5-3-6-13(8-12)18-15(20)10-19-14-7-2-1-4-11(14)9-17-19/h1-9H,10H2,(H,18,20). The molecule has 3 aromatic rings. The van der Waals surface area contributed by atoms with E-state index in [1.807, 2.05) is 24.3 Å². The van der Waals surface area contributed by atoms with Crippen molar-refractivity contribution >= 4 is 22.5 Å². The van der Waals surface area contributed by atoms with E-state index in [1.54, 1.807) is 23.0 Å². The Bertz CT molecular complexity index is 766. The maximum absolute atomic E-state index is 13.0. The van der Waals surface area contributed by atoms with Crippen molar-refractivity contribution in [3.05, 3.63) is 60.5 Å². The molecule has 1 amide bonds. The summed E-state index contributed by atoms with van der Waals surface area (Å²) in [5.41, 5.74) is 1.33. The highest BCUT2D eigenvalue weighted by Crippen LogP contribution is 2.13. The Balaban J connectivity index is 1.76. The van der Waals surface area contributed by atoms with E-state index in [-0.39, 0.29) is 18.3 Å². The first-order valence-electron chi connectivity index (χ1n) is 6.18. The highest BCUT2D eigenvalue weighted by Gasteiger charge is 2.07. The van der Waals surface area contributed by atoms with Gasteiger partial charge in [-0.05, 0) is 24.3 Å². The van der Waals surface area contributed by atoms with Gasteiger partial charge >= 0.3 is 0 Å². The number of rotatable bonds is 3. The van der Waals surface area contributed by atoms with Gasteiger partial charge in [-0.2, -0.15) is 5.10 Å². The van der Waals surface area contributed by atoms with Crippen LogP contribution in [-0.2, 0) is 11.3 Å². The summed E-state index contributed by atoms with van der Waals surface area (Å²) in [5, 5.41) is 7.80. The Hall–Kier alpha value is -2.69. The highest BCUT2D eigenvalue weighted by molar-refractivity contribution is 5.91. The Labute approximate surface area is 114 Å². The molecule has 1 heterocycles. The van der Waals surface area contributed by atoms with Crippen LogP contribution >= 0.6 is 0 Å². The minimum Gasteiger partial charge on any atom is -0.324 e. The lowest BCUT2D eigenvalue weighted by atomic mass is 10.2. The molecule has 0 saturated carbocycles. The van der Waals surface area contributed by atoms with Crippen molar-refractivity contribution in [2.45, 2.75) is 6.54 Å². The van der Waals surface area contributed by atoms with Crippen molar-refractivity contribution in [1.82, 2.24) is 9.78 Å². The van der Waals surface area contributed by atoms with Crippen molar-refractivity contribution < 1.29 is 9.18 Å². The third-order valence-corrected chi connectivity index (χ3v) is 2.95. The lowest BCUT2D eigenvalue weighted by molar-refractivity contribution is -0.116. The van der Waals surface area contributed by atoms with Crippen LogP contribution in [0.4, 0.5) is 10.1 Å². The van der Waals surface area contributed by atoms with E-state index in [9.17, 15) is 9.18 Å². The molecular weight excluding hydrogens is 257 g/mol. The van der Waals surface area contributed by atoms with Gasteiger partial charge in [-0.15, -0.1) is 0 Å². The van der Waals surface area contributed by atoms with Gasteiger partial charge in [0.1, 0.15) is 12.4 Å². The zero-order chi connectivity index (χ0) is 13.9.